The van der Waals surface area contributed by atoms with E-state index < -0.39 is 27.6 Å². The summed E-state index contributed by atoms with van der Waals surface area (Å²) in [5.41, 5.74) is 0.297. The first-order chi connectivity index (χ1) is 14.0. The van der Waals surface area contributed by atoms with E-state index in [1.165, 1.54) is 31.2 Å². The van der Waals surface area contributed by atoms with E-state index in [9.17, 15) is 23.4 Å². The summed E-state index contributed by atoms with van der Waals surface area (Å²) >= 11 is 5.95. The molecule has 0 spiro atoms. The van der Waals surface area contributed by atoms with E-state index in [4.69, 9.17) is 16.3 Å². The van der Waals surface area contributed by atoms with Crippen LogP contribution in [-0.4, -0.2) is 47.1 Å². The zero-order chi connectivity index (χ0) is 22.1. The molecule has 0 radical (unpaired) electrons. The second-order valence-electron chi connectivity index (χ2n) is 7.65. The van der Waals surface area contributed by atoms with Crippen LogP contribution in [-0.2, 0) is 21.4 Å². The predicted molar refractivity (Wildman–Crippen MR) is 112 cm³/mol. The van der Waals surface area contributed by atoms with Crippen molar-refractivity contribution in [3.05, 3.63) is 58.6 Å². The van der Waals surface area contributed by atoms with E-state index in [-0.39, 0.29) is 17.9 Å². The van der Waals surface area contributed by atoms with Gasteiger partial charge >= 0.3 is 5.97 Å². The molecule has 30 heavy (non-hydrogen) atoms. The van der Waals surface area contributed by atoms with Crippen molar-refractivity contribution in [3.63, 3.8) is 0 Å². The molecule has 9 heteroatoms. The Morgan fingerprint density at radius 1 is 1.27 bits per heavy atom. The van der Waals surface area contributed by atoms with Crippen LogP contribution >= 0.6 is 11.6 Å². The fraction of sp³-hybridized carbons (Fsp3) is 0.381. The van der Waals surface area contributed by atoms with Gasteiger partial charge in [0, 0.05) is 11.6 Å². The van der Waals surface area contributed by atoms with Gasteiger partial charge in [-0.1, -0.05) is 17.7 Å². The lowest BCUT2D eigenvalue weighted by Gasteiger charge is -2.41. The van der Waals surface area contributed by atoms with Gasteiger partial charge in [0.1, 0.15) is 12.4 Å². The van der Waals surface area contributed by atoms with Gasteiger partial charge in [0.2, 0.25) is 10.0 Å². The Bertz CT molecular complexity index is 1040. The van der Waals surface area contributed by atoms with Crippen molar-refractivity contribution in [2.75, 3.05) is 6.54 Å². The summed E-state index contributed by atoms with van der Waals surface area (Å²) in [6.07, 6.45) is 0.588. The van der Waals surface area contributed by atoms with Gasteiger partial charge in [0.05, 0.1) is 10.5 Å². The van der Waals surface area contributed by atoms with Gasteiger partial charge in [-0.3, -0.25) is 4.79 Å². The first kappa shape index (κ1) is 22.6. The largest absolute Gasteiger partial charge is 0.489 e. The van der Waals surface area contributed by atoms with Crippen LogP contribution in [0.5, 0.6) is 5.75 Å². The van der Waals surface area contributed by atoms with E-state index >= 15 is 0 Å². The zero-order valence-corrected chi connectivity index (χ0v) is 18.3. The number of nitrogens with zero attached hydrogens (tertiary/aromatic N) is 1. The highest BCUT2D eigenvalue weighted by molar-refractivity contribution is 7.89. The fourth-order valence-electron chi connectivity index (χ4n) is 3.64. The molecule has 0 saturated carbocycles. The van der Waals surface area contributed by atoms with Crippen molar-refractivity contribution >= 4 is 27.6 Å². The SMILES string of the molecule is Cc1cc(Cl)ccc1COc1ccc(S(=O)(=O)N2CCCC(C)(O)C2C(=O)O)cc1. The minimum atomic E-state index is -4.10. The Balaban J connectivity index is 1.78. The Labute approximate surface area is 180 Å². The van der Waals surface area contributed by atoms with Gasteiger partial charge in [-0.05, 0) is 74.2 Å². The van der Waals surface area contributed by atoms with Crippen molar-refractivity contribution in [3.8, 4) is 5.75 Å². The summed E-state index contributed by atoms with van der Waals surface area (Å²) in [5.74, 6) is -0.898. The molecule has 162 valence electrons. The third-order valence-electron chi connectivity index (χ3n) is 5.30. The van der Waals surface area contributed by atoms with Gasteiger partial charge in [-0.25, -0.2) is 8.42 Å². The third kappa shape index (κ3) is 4.62. The average molecular weight is 454 g/mol. The molecular weight excluding hydrogens is 430 g/mol. The molecule has 2 aromatic carbocycles. The lowest BCUT2D eigenvalue weighted by atomic mass is 9.88. The number of hydrogen-bond donors (Lipinski definition) is 2. The van der Waals surface area contributed by atoms with Crippen LogP contribution in [0, 0.1) is 6.92 Å². The van der Waals surface area contributed by atoms with Crippen molar-refractivity contribution in [1.29, 1.82) is 0 Å². The molecule has 1 heterocycles. The molecule has 2 N–H and O–H groups in total. The molecule has 0 bridgehead atoms. The van der Waals surface area contributed by atoms with Gasteiger partial charge < -0.3 is 14.9 Å². The monoisotopic (exact) mass is 453 g/mol. The van der Waals surface area contributed by atoms with Crippen molar-refractivity contribution in [2.45, 2.75) is 49.8 Å². The average Bonchev–Trinajstić information content (AvgIpc) is 2.66. The van der Waals surface area contributed by atoms with Crippen LogP contribution in [0.3, 0.4) is 0 Å². The molecule has 1 fully saturated rings. The van der Waals surface area contributed by atoms with Crippen LogP contribution in [0.15, 0.2) is 47.4 Å². The van der Waals surface area contributed by atoms with Crippen molar-refractivity contribution < 1.29 is 28.2 Å². The van der Waals surface area contributed by atoms with E-state index in [1.54, 1.807) is 6.07 Å². The third-order valence-corrected chi connectivity index (χ3v) is 7.42. The minimum absolute atomic E-state index is 0.0313. The van der Waals surface area contributed by atoms with Gasteiger partial charge in [0.25, 0.3) is 0 Å². The van der Waals surface area contributed by atoms with Crippen LogP contribution in [0.25, 0.3) is 0 Å². The molecular formula is C21H24ClNO6S. The summed E-state index contributed by atoms with van der Waals surface area (Å²) in [6.45, 7) is 3.60. The first-order valence-electron chi connectivity index (χ1n) is 9.47. The Morgan fingerprint density at radius 3 is 2.53 bits per heavy atom. The number of halogens is 1. The van der Waals surface area contributed by atoms with Crippen LogP contribution in [0.4, 0.5) is 0 Å². The summed E-state index contributed by atoms with van der Waals surface area (Å²) in [4.78, 5) is 11.6. The van der Waals surface area contributed by atoms with Gasteiger partial charge in [-0.2, -0.15) is 4.31 Å². The highest BCUT2D eigenvalue weighted by Crippen LogP contribution is 2.32. The minimum Gasteiger partial charge on any atom is -0.489 e. The maximum absolute atomic E-state index is 13.1. The molecule has 0 amide bonds. The maximum Gasteiger partial charge on any atom is 0.325 e. The van der Waals surface area contributed by atoms with Crippen molar-refractivity contribution in [1.82, 2.24) is 4.31 Å². The number of aryl methyl sites for hydroxylation is 1. The second-order valence-corrected chi connectivity index (χ2v) is 9.98. The Hall–Kier alpha value is -2.13. The quantitative estimate of drug-likeness (QED) is 0.695. The smallest absolute Gasteiger partial charge is 0.325 e. The lowest BCUT2D eigenvalue weighted by Crippen LogP contribution is -2.60. The first-order valence-corrected chi connectivity index (χ1v) is 11.3. The normalized spacial score (nSPS) is 22.6. The maximum atomic E-state index is 13.1. The number of ether oxygens (including phenoxy) is 1. The molecule has 2 aromatic rings. The number of carboxylic acids is 1. The molecule has 0 aliphatic carbocycles. The van der Waals surface area contributed by atoms with Gasteiger partial charge in [0.15, 0.2) is 6.04 Å². The Morgan fingerprint density at radius 2 is 1.93 bits per heavy atom. The number of aliphatic hydroxyl groups is 1. The molecule has 0 aromatic heterocycles. The van der Waals surface area contributed by atoms with Crippen LogP contribution in [0.2, 0.25) is 5.02 Å². The highest BCUT2D eigenvalue weighted by Gasteiger charge is 2.49. The van der Waals surface area contributed by atoms with E-state index in [1.807, 2.05) is 19.1 Å². The number of aliphatic carboxylic acids is 1. The number of rotatable bonds is 6. The summed E-state index contributed by atoms with van der Waals surface area (Å²) in [5, 5.41) is 20.6. The van der Waals surface area contributed by atoms with E-state index in [0.29, 0.717) is 23.8 Å². The number of carboxylic acid groups (broad SMARTS) is 1. The topological polar surface area (TPSA) is 104 Å². The summed E-state index contributed by atoms with van der Waals surface area (Å²) in [6, 6.07) is 9.73. The molecule has 1 aliphatic rings. The number of carbonyl (C=O) groups is 1. The van der Waals surface area contributed by atoms with E-state index in [2.05, 4.69) is 0 Å². The summed E-state index contributed by atoms with van der Waals surface area (Å²) < 4.78 is 32.7. The highest BCUT2D eigenvalue weighted by atomic mass is 35.5. The molecule has 3 rings (SSSR count). The number of piperidine rings is 1. The Kier molecular flexibility index (Phi) is 6.43. The number of sulfonamides is 1. The zero-order valence-electron chi connectivity index (χ0n) is 16.7. The molecule has 1 aliphatic heterocycles. The van der Waals surface area contributed by atoms with Gasteiger partial charge in [-0.15, -0.1) is 0 Å². The molecule has 2 unspecified atom stereocenters. The van der Waals surface area contributed by atoms with Crippen LogP contribution < -0.4 is 4.74 Å². The molecule has 7 nitrogen and oxygen atoms in total. The fourth-order valence-corrected chi connectivity index (χ4v) is 5.58. The number of benzene rings is 2. The molecule has 2 atom stereocenters. The predicted octanol–water partition coefficient (Wildman–Crippen LogP) is 3.22. The molecule has 1 saturated heterocycles. The van der Waals surface area contributed by atoms with Crippen LogP contribution in [0.1, 0.15) is 30.9 Å². The number of hydrogen-bond acceptors (Lipinski definition) is 5. The van der Waals surface area contributed by atoms with E-state index in [0.717, 1.165) is 15.4 Å². The standard InChI is InChI=1S/C21H24ClNO6S/c1-14-12-16(22)5-4-15(14)13-29-17-6-8-18(9-7-17)30(27,28)23-11-3-10-21(2,26)19(23)20(24)25/h4-9,12,19,26H,3,10-11,13H2,1-2H3,(H,24,25). The second kappa shape index (κ2) is 8.55. The summed E-state index contributed by atoms with van der Waals surface area (Å²) in [7, 11) is -4.10. The van der Waals surface area contributed by atoms with Crippen molar-refractivity contribution in [2.24, 2.45) is 0 Å². The lowest BCUT2D eigenvalue weighted by molar-refractivity contribution is -0.153.